The third-order valence-electron chi connectivity index (χ3n) is 5.00. The molecule has 36 heavy (non-hydrogen) atoms. The van der Waals surface area contributed by atoms with Crippen molar-refractivity contribution in [3.05, 3.63) is 46.2 Å². The molecule has 10 nitrogen and oxygen atoms in total. The molecule has 0 spiro atoms. The first-order chi connectivity index (χ1) is 17.3. The zero-order valence-corrected chi connectivity index (χ0v) is 22.6. The minimum absolute atomic E-state index is 0.0777. The number of hydrogen-bond acceptors (Lipinski definition) is 11. The van der Waals surface area contributed by atoms with Gasteiger partial charge >= 0.3 is 25.5 Å². The normalized spacial score (nSPS) is 15.7. The van der Waals surface area contributed by atoms with E-state index in [0.717, 1.165) is 18.4 Å². The quantitative estimate of drug-likeness (QED) is 0.141. The summed E-state index contributed by atoms with van der Waals surface area (Å²) >= 11 is 1.35. The van der Waals surface area contributed by atoms with Crippen molar-refractivity contribution in [2.24, 2.45) is 0 Å². The van der Waals surface area contributed by atoms with E-state index in [9.17, 15) is 18.9 Å². The van der Waals surface area contributed by atoms with Crippen molar-refractivity contribution < 1.29 is 42.2 Å². The summed E-state index contributed by atoms with van der Waals surface area (Å²) in [4.78, 5) is 36.6. The number of esters is 3. The number of rotatable bonds is 15. The Morgan fingerprint density at radius 2 is 1.58 bits per heavy atom. The third kappa shape index (κ3) is 9.61. The number of hydrogen-bond donors (Lipinski definition) is 1. The number of allylic oxidation sites excluding steroid dienone is 1. The summed E-state index contributed by atoms with van der Waals surface area (Å²) in [6.45, 7) is 4.07. The summed E-state index contributed by atoms with van der Waals surface area (Å²) in [6.07, 6.45) is 2.46. The molecular formula is C24H34NO9PS. The summed E-state index contributed by atoms with van der Waals surface area (Å²) in [5.74, 6) is -1.27. The first-order valence-electron chi connectivity index (χ1n) is 11.9. The first-order valence-corrected chi connectivity index (χ1v) is 14.4. The summed E-state index contributed by atoms with van der Waals surface area (Å²) in [5, 5.41) is 2.98. The van der Waals surface area contributed by atoms with E-state index < -0.39 is 45.1 Å². The van der Waals surface area contributed by atoms with Gasteiger partial charge in [-0.05, 0) is 18.4 Å². The Hall–Kier alpha value is -2.33. The van der Waals surface area contributed by atoms with Gasteiger partial charge in [0, 0.05) is 23.5 Å². The van der Waals surface area contributed by atoms with Crippen molar-refractivity contribution >= 4 is 37.3 Å². The SMILES string of the molecule is CCCCC1=C(P(=O)(OCOC(=O)CC)OCOC(=O)CC)N[C@H](C(=O)OCc2ccccc2)CS1. The molecule has 1 N–H and O–H groups in total. The van der Waals surface area contributed by atoms with E-state index in [2.05, 4.69) is 5.32 Å². The second-order valence-corrected chi connectivity index (χ2v) is 10.8. The number of unbranched alkanes of at least 4 members (excludes halogenated alkanes) is 1. The highest BCUT2D eigenvalue weighted by molar-refractivity contribution is 8.03. The molecule has 0 bridgehead atoms. The molecule has 1 aliphatic rings. The van der Waals surface area contributed by atoms with Crippen LogP contribution in [0.1, 0.15) is 58.4 Å². The summed E-state index contributed by atoms with van der Waals surface area (Å²) in [6, 6.07) is 8.43. The topological polar surface area (TPSA) is 126 Å². The van der Waals surface area contributed by atoms with Crippen LogP contribution in [0, 0.1) is 0 Å². The zero-order valence-electron chi connectivity index (χ0n) is 20.9. The highest BCUT2D eigenvalue weighted by atomic mass is 32.2. The molecule has 0 radical (unpaired) electrons. The number of thioether (sulfide) groups is 1. The second kappa shape index (κ2) is 15.7. The fourth-order valence-corrected chi connectivity index (χ4v) is 6.00. The van der Waals surface area contributed by atoms with Crippen LogP contribution in [0.2, 0.25) is 0 Å². The number of benzene rings is 1. The van der Waals surface area contributed by atoms with Crippen molar-refractivity contribution in [1.82, 2.24) is 5.32 Å². The monoisotopic (exact) mass is 543 g/mol. The van der Waals surface area contributed by atoms with E-state index in [-0.39, 0.29) is 24.9 Å². The predicted molar refractivity (Wildman–Crippen MR) is 134 cm³/mol. The van der Waals surface area contributed by atoms with Crippen molar-refractivity contribution in [1.29, 1.82) is 0 Å². The molecule has 0 fully saturated rings. The molecular weight excluding hydrogens is 509 g/mol. The number of carbonyl (C=O) groups excluding carboxylic acids is 3. The van der Waals surface area contributed by atoms with Gasteiger partial charge < -0.3 is 19.5 Å². The maximum atomic E-state index is 13.9. The lowest BCUT2D eigenvalue weighted by atomic mass is 10.2. The number of nitrogens with one attached hydrogen (secondary N) is 1. The molecule has 1 heterocycles. The van der Waals surface area contributed by atoms with Crippen LogP contribution in [0.15, 0.2) is 40.7 Å². The van der Waals surface area contributed by atoms with Crippen LogP contribution in [0.5, 0.6) is 0 Å². The van der Waals surface area contributed by atoms with Gasteiger partial charge in [-0.15, -0.1) is 11.8 Å². The Kier molecular flexibility index (Phi) is 13.0. The molecule has 0 saturated heterocycles. The molecule has 2 rings (SSSR count). The largest absolute Gasteiger partial charge is 0.459 e. The van der Waals surface area contributed by atoms with E-state index in [4.69, 9.17) is 23.3 Å². The molecule has 1 atom stereocenters. The van der Waals surface area contributed by atoms with Crippen molar-refractivity contribution in [2.45, 2.75) is 65.5 Å². The molecule has 200 valence electrons. The first kappa shape index (κ1) is 29.9. The van der Waals surface area contributed by atoms with E-state index in [1.54, 1.807) is 13.8 Å². The predicted octanol–water partition coefficient (Wildman–Crippen LogP) is 4.84. The van der Waals surface area contributed by atoms with Gasteiger partial charge in [-0.1, -0.05) is 57.5 Å². The third-order valence-corrected chi connectivity index (χ3v) is 8.25. The highest BCUT2D eigenvalue weighted by Gasteiger charge is 2.40. The minimum atomic E-state index is -4.19. The maximum Gasteiger partial charge on any atom is 0.383 e. The van der Waals surface area contributed by atoms with Crippen molar-refractivity contribution in [3.63, 3.8) is 0 Å². The average molecular weight is 544 g/mol. The second-order valence-electron chi connectivity index (χ2n) is 7.71. The van der Waals surface area contributed by atoms with Crippen molar-refractivity contribution in [2.75, 3.05) is 19.3 Å². The fraction of sp³-hybridized carbons (Fsp3) is 0.542. The Labute approximate surface area is 215 Å². The van der Waals surface area contributed by atoms with Crippen LogP contribution < -0.4 is 5.32 Å². The maximum absolute atomic E-state index is 13.9. The Morgan fingerprint density at radius 3 is 2.14 bits per heavy atom. The van der Waals surface area contributed by atoms with Crippen LogP contribution in [-0.4, -0.2) is 43.3 Å². The van der Waals surface area contributed by atoms with E-state index >= 15 is 0 Å². The molecule has 12 heteroatoms. The Bertz CT molecular complexity index is 928. The average Bonchev–Trinajstić information content (AvgIpc) is 2.90. The molecule has 0 aliphatic carbocycles. The van der Waals surface area contributed by atoms with E-state index in [1.165, 1.54) is 11.8 Å². The number of ether oxygens (including phenoxy) is 3. The van der Waals surface area contributed by atoms with Gasteiger partial charge in [0.2, 0.25) is 13.6 Å². The van der Waals surface area contributed by atoms with Gasteiger partial charge in [0.05, 0.1) is 0 Å². The van der Waals surface area contributed by atoms with Crippen LogP contribution in [-0.2, 0) is 48.8 Å². The molecule has 0 unspecified atom stereocenters. The van der Waals surface area contributed by atoms with Crippen LogP contribution in [0.4, 0.5) is 0 Å². The van der Waals surface area contributed by atoms with Gasteiger partial charge in [0.1, 0.15) is 18.1 Å². The summed E-state index contributed by atoms with van der Waals surface area (Å²) < 4.78 is 40.1. The Balaban J connectivity index is 2.22. The lowest BCUT2D eigenvalue weighted by molar-refractivity contribution is -0.151. The highest BCUT2D eigenvalue weighted by Crippen LogP contribution is 2.58. The van der Waals surface area contributed by atoms with Gasteiger partial charge in [-0.25, -0.2) is 4.79 Å². The van der Waals surface area contributed by atoms with E-state index in [1.807, 2.05) is 37.3 Å². The zero-order chi connectivity index (χ0) is 26.4. The lowest BCUT2D eigenvalue weighted by Crippen LogP contribution is -2.42. The standard InChI is InChI=1S/C24H34NO9PS/c1-4-7-13-20-23(25-19(15-36-20)24(28)30-14-18-11-9-8-10-12-18)35(29,33-16-31-21(26)5-2)34-17-32-22(27)6-3/h8-12,19,25H,4-7,13-17H2,1-3H3/t19-/m0/s1. The van der Waals surface area contributed by atoms with Crippen LogP contribution in [0.3, 0.4) is 0 Å². The summed E-state index contributed by atoms with van der Waals surface area (Å²) in [7, 11) is -4.19. The number of carbonyl (C=O) groups is 3. The van der Waals surface area contributed by atoms with Gasteiger partial charge in [0.15, 0.2) is 0 Å². The lowest BCUT2D eigenvalue weighted by Gasteiger charge is -2.31. The molecule has 1 aliphatic heterocycles. The van der Waals surface area contributed by atoms with Gasteiger partial charge in [0.25, 0.3) is 0 Å². The Morgan fingerprint density at radius 1 is 0.972 bits per heavy atom. The molecule has 1 aromatic rings. The van der Waals surface area contributed by atoms with Crippen LogP contribution >= 0.6 is 19.4 Å². The smallest absolute Gasteiger partial charge is 0.383 e. The molecule has 1 aromatic carbocycles. The summed E-state index contributed by atoms with van der Waals surface area (Å²) in [5.41, 5.74) is 0.912. The molecule has 0 saturated carbocycles. The van der Waals surface area contributed by atoms with E-state index in [0.29, 0.717) is 17.1 Å². The fourth-order valence-electron chi connectivity index (χ4n) is 2.95. The van der Waals surface area contributed by atoms with Crippen molar-refractivity contribution in [3.8, 4) is 0 Å². The van der Waals surface area contributed by atoms with Crippen LogP contribution in [0.25, 0.3) is 0 Å². The molecule has 0 amide bonds. The van der Waals surface area contributed by atoms with Gasteiger partial charge in [-0.2, -0.15) is 0 Å². The van der Waals surface area contributed by atoms with Gasteiger partial charge in [-0.3, -0.25) is 23.2 Å². The minimum Gasteiger partial charge on any atom is -0.459 e. The molecule has 0 aromatic heterocycles.